The number of amidine groups is 1. The van der Waals surface area contributed by atoms with Crippen molar-refractivity contribution in [3.63, 3.8) is 0 Å². The van der Waals surface area contributed by atoms with Crippen LogP contribution < -0.4 is 4.72 Å². The Kier molecular flexibility index (Phi) is 9.10. The number of nitrogens with one attached hydrogen (secondary N) is 1. The molecular weight excluding hydrogens is 501 g/mol. The first-order valence-corrected chi connectivity index (χ1v) is 12.7. The van der Waals surface area contributed by atoms with Gasteiger partial charge >= 0.3 is 0 Å². The molecule has 1 saturated heterocycles. The highest BCUT2D eigenvalue weighted by Gasteiger charge is 2.44. The van der Waals surface area contributed by atoms with Gasteiger partial charge in [0.15, 0.2) is 10.9 Å². The topological polar surface area (TPSA) is 82.0 Å². The van der Waals surface area contributed by atoms with Crippen LogP contribution in [0.1, 0.15) is 25.0 Å². The average molecular weight is 525 g/mol. The fourth-order valence-electron chi connectivity index (χ4n) is 3.23. The van der Waals surface area contributed by atoms with Gasteiger partial charge in [-0.3, -0.25) is 4.99 Å². The molecule has 1 aliphatic heterocycles. The molecular formula is C20H24Cl3N3O3S2. The Labute approximate surface area is 203 Å². The van der Waals surface area contributed by atoms with Gasteiger partial charge in [-0.05, 0) is 37.6 Å². The predicted molar refractivity (Wildman–Crippen MR) is 131 cm³/mol. The molecule has 0 aliphatic carbocycles. The van der Waals surface area contributed by atoms with Crippen molar-refractivity contribution >= 4 is 62.6 Å². The number of hydrogen-bond acceptors (Lipinski definition) is 5. The van der Waals surface area contributed by atoms with Gasteiger partial charge in [-0.25, -0.2) is 13.1 Å². The minimum absolute atomic E-state index is 0. The van der Waals surface area contributed by atoms with Crippen LogP contribution in [0, 0.1) is 0 Å². The van der Waals surface area contributed by atoms with Gasteiger partial charge in [-0.2, -0.15) is 0 Å². The van der Waals surface area contributed by atoms with Crippen LogP contribution >= 0.6 is 47.4 Å². The van der Waals surface area contributed by atoms with E-state index in [0.29, 0.717) is 35.0 Å². The van der Waals surface area contributed by atoms with Crippen LogP contribution in [-0.4, -0.2) is 42.4 Å². The van der Waals surface area contributed by atoms with E-state index in [1.807, 2.05) is 13.8 Å². The summed E-state index contributed by atoms with van der Waals surface area (Å²) in [4.78, 5) is 6.12. The summed E-state index contributed by atoms with van der Waals surface area (Å²) in [6.07, 6.45) is 0. The van der Waals surface area contributed by atoms with Crippen molar-refractivity contribution in [2.45, 2.75) is 31.0 Å². The maximum atomic E-state index is 13.0. The van der Waals surface area contributed by atoms with Gasteiger partial charge in [0.2, 0.25) is 10.0 Å². The average Bonchev–Trinajstić information content (AvgIpc) is 3.04. The van der Waals surface area contributed by atoms with Crippen LogP contribution in [0.2, 0.25) is 10.0 Å². The summed E-state index contributed by atoms with van der Waals surface area (Å²) in [5.74, 6) is 0.341. The molecule has 170 valence electrons. The molecule has 0 spiro atoms. The standard InChI is InChI=1S/C20H23Cl2N3O3S2.ClH/c1-3-23-19-25(4-2)20(26,13-29-19)15-9-10-17(22)18(11-15)30(27,28)24-12-14-7-5-6-8-16(14)21;/h5-11,24,26H,3-4,12-13H2,1-2H3;1H. The Hall–Kier alpha value is -1.000. The highest BCUT2D eigenvalue weighted by Crippen LogP contribution is 2.40. The van der Waals surface area contributed by atoms with E-state index in [0.717, 1.165) is 5.17 Å². The smallest absolute Gasteiger partial charge is 0.242 e. The zero-order valence-electron chi connectivity index (χ0n) is 17.0. The summed E-state index contributed by atoms with van der Waals surface area (Å²) in [5.41, 5.74) is -0.274. The van der Waals surface area contributed by atoms with Crippen molar-refractivity contribution in [2.75, 3.05) is 18.8 Å². The number of hydrogen-bond donors (Lipinski definition) is 2. The Morgan fingerprint density at radius 3 is 2.55 bits per heavy atom. The van der Waals surface area contributed by atoms with Crippen LogP contribution in [0.15, 0.2) is 52.4 Å². The van der Waals surface area contributed by atoms with Gasteiger partial charge in [0, 0.05) is 30.2 Å². The zero-order valence-corrected chi connectivity index (χ0v) is 21.0. The van der Waals surface area contributed by atoms with Crippen molar-refractivity contribution < 1.29 is 13.5 Å². The summed E-state index contributed by atoms with van der Waals surface area (Å²) < 4.78 is 28.5. The minimum atomic E-state index is -3.94. The molecule has 0 radical (unpaired) electrons. The lowest BCUT2D eigenvalue weighted by Gasteiger charge is -2.34. The Bertz CT molecular complexity index is 1070. The third-order valence-corrected chi connectivity index (χ3v) is 8.19. The maximum Gasteiger partial charge on any atom is 0.242 e. The highest BCUT2D eigenvalue weighted by atomic mass is 35.5. The van der Waals surface area contributed by atoms with E-state index in [2.05, 4.69) is 9.71 Å². The number of rotatable bonds is 7. The molecule has 2 N–H and O–H groups in total. The van der Waals surface area contributed by atoms with E-state index in [1.54, 1.807) is 35.2 Å². The van der Waals surface area contributed by atoms with Crippen molar-refractivity contribution in [1.82, 2.24) is 9.62 Å². The number of nitrogens with zero attached hydrogens (tertiary/aromatic N) is 2. The van der Waals surface area contributed by atoms with Gasteiger partial charge < -0.3 is 10.0 Å². The first-order chi connectivity index (χ1) is 14.2. The summed E-state index contributed by atoms with van der Waals surface area (Å²) in [7, 11) is -3.94. The molecule has 0 saturated carbocycles. The van der Waals surface area contributed by atoms with E-state index in [9.17, 15) is 13.5 Å². The quantitative estimate of drug-likeness (QED) is 0.558. The van der Waals surface area contributed by atoms with E-state index in [4.69, 9.17) is 23.2 Å². The SMILES string of the molecule is CCN=C1SCC(O)(c2ccc(Cl)c(S(=O)(=O)NCc3ccccc3Cl)c2)N1CC.Cl. The van der Waals surface area contributed by atoms with Crippen molar-refractivity contribution in [1.29, 1.82) is 0 Å². The predicted octanol–water partition coefficient (Wildman–Crippen LogP) is 4.48. The Balaban J connectivity index is 0.00000341. The van der Waals surface area contributed by atoms with Crippen LogP contribution in [0.25, 0.3) is 0 Å². The van der Waals surface area contributed by atoms with E-state index >= 15 is 0 Å². The van der Waals surface area contributed by atoms with Gasteiger partial charge in [-0.1, -0.05) is 59.2 Å². The molecule has 2 aromatic carbocycles. The first kappa shape index (κ1) is 26.3. The second kappa shape index (κ2) is 10.7. The summed E-state index contributed by atoms with van der Waals surface area (Å²) in [6.45, 7) is 4.99. The number of thioether (sulfide) groups is 1. The summed E-state index contributed by atoms with van der Waals surface area (Å²) in [5, 5.41) is 12.7. The number of aliphatic imine (C=N–C) groups is 1. The summed E-state index contributed by atoms with van der Waals surface area (Å²) >= 11 is 13.8. The molecule has 0 amide bonds. The molecule has 6 nitrogen and oxygen atoms in total. The van der Waals surface area contributed by atoms with Crippen LogP contribution in [0.3, 0.4) is 0 Å². The lowest BCUT2D eigenvalue weighted by atomic mass is 10.0. The second-order valence-corrected chi connectivity index (χ2v) is 10.2. The Morgan fingerprint density at radius 2 is 1.90 bits per heavy atom. The van der Waals surface area contributed by atoms with E-state index in [1.165, 1.54) is 23.9 Å². The van der Waals surface area contributed by atoms with Crippen LogP contribution in [-0.2, 0) is 22.3 Å². The molecule has 1 heterocycles. The van der Waals surface area contributed by atoms with Crippen LogP contribution in [0.5, 0.6) is 0 Å². The monoisotopic (exact) mass is 523 g/mol. The normalized spacial score (nSPS) is 20.2. The molecule has 2 aromatic rings. The van der Waals surface area contributed by atoms with Crippen molar-refractivity contribution in [3.8, 4) is 0 Å². The van der Waals surface area contributed by atoms with Gasteiger partial charge in [0.1, 0.15) is 4.90 Å². The molecule has 1 atom stereocenters. The third-order valence-electron chi connectivity index (χ3n) is 4.78. The molecule has 0 bridgehead atoms. The maximum absolute atomic E-state index is 13.0. The van der Waals surface area contributed by atoms with Gasteiger partial charge in [0.05, 0.1) is 10.8 Å². The lowest BCUT2D eigenvalue weighted by Crippen LogP contribution is -2.45. The number of sulfonamides is 1. The molecule has 3 rings (SSSR count). The van der Waals surface area contributed by atoms with E-state index < -0.39 is 15.7 Å². The fourth-order valence-corrected chi connectivity index (χ4v) is 6.27. The number of aliphatic hydroxyl groups is 1. The van der Waals surface area contributed by atoms with Crippen molar-refractivity contribution in [3.05, 3.63) is 63.6 Å². The zero-order chi connectivity index (χ0) is 21.9. The second-order valence-electron chi connectivity index (χ2n) is 6.67. The lowest BCUT2D eigenvalue weighted by molar-refractivity contribution is -0.0455. The molecule has 11 heteroatoms. The molecule has 0 aromatic heterocycles. The minimum Gasteiger partial charge on any atom is -0.366 e. The van der Waals surface area contributed by atoms with Gasteiger partial charge in [0.25, 0.3) is 0 Å². The van der Waals surface area contributed by atoms with Crippen LogP contribution in [0.4, 0.5) is 0 Å². The molecule has 1 aliphatic rings. The number of halogens is 3. The van der Waals surface area contributed by atoms with Gasteiger partial charge in [-0.15, -0.1) is 12.4 Å². The van der Waals surface area contributed by atoms with Crippen molar-refractivity contribution in [2.24, 2.45) is 4.99 Å². The largest absolute Gasteiger partial charge is 0.366 e. The fraction of sp³-hybridized carbons (Fsp3) is 0.350. The highest BCUT2D eigenvalue weighted by molar-refractivity contribution is 8.14. The summed E-state index contributed by atoms with van der Waals surface area (Å²) in [6, 6.07) is 11.6. The Morgan fingerprint density at radius 1 is 1.19 bits per heavy atom. The number of benzene rings is 2. The molecule has 31 heavy (non-hydrogen) atoms. The third kappa shape index (κ3) is 5.50. The molecule has 1 fully saturated rings. The van der Waals surface area contributed by atoms with E-state index in [-0.39, 0.29) is 28.9 Å². The molecule has 1 unspecified atom stereocenters. The first-order valence-electron chi connectivity index (χ1n) is 9.43.